The molecule has 0 aliphatic heterocycles. The second-order valence-electron chi connectivity index (χ2n) is 4.28. The number of benzene rings is 1. The summed E-state index contributed by atoms with van der Waals surface area (Å²) < 4.78 is 2.30. The highest BCUT2D eigenvalue weighted by Crippen LogP contribution is 2.28. The van der Waals surface area contributed by atoms with E-state index < -0.39 is 0 Å². The van der Waals surface area contributed by atoms with Crippen molar-refractivity contribution in [2.75, 3.05) is 7.05 Å². The van der Waals surface area contributed by atoms with Crippen molar-refractivity contribution in [2.45, 2.75) is 19.4 Å². The molecule has 1 aromatic heterocycles. The Morgan fingerprint density at radius 1 is 1.22 bits per heavy atom. The Bertz CT molecular complexity index is 536. The third-order valence-electron chi connectivity index (χ3n) is 2.99. The number of hydrogen-bond donors (Lipinski definition) is 1. The number of halogens is 2. The van der Waals surface area contributed by atoms with Crippen LogP contribution in [0.25, 0.3) is 0 Å². The highest BCUT2D eigenvalue weighted by molar-refractivity contribution is 9.10. The summed E-state index contributed by atoms with van der Waals surface area (Å²) in [6, 6.07) is 9.01. The SMILES string of the molecule is CNC(Cc1cc(Br)cs1)c1cc(Br)ccc1C. The second-order valence-corrected chi connectivity index (χ2v) is 7.10. The fourth-order valence-electron chi connectivity index (χ4n) is 2.02. The molecule has 18 heavy (non-hydrogen) atoms. The first-order valence-corrected chi connectivity index (χ1v) is 8.23. The largest absolute Gasteiger partial charge is 0.313 e. The predicted molar refractivity (Wildman–Crippen MR) is 86.4 cm³/mol. The summed E-state index contributed by atoms with van der Waals surface area (Å²) in [7, 11) is 2.02. The molecule has 1 aromatic carbocycles. The van der Waals surface area contributed by atoms with Crippen molar-refractivity contribution in [3.8, 4) is 0 Å². The third kappa shape index (κ3) is 3.44. The van der Waals surface area contributed by atoms with Crippen molar-refractivity contribution in [3.63, 3.8) is 0 Å². The zero-order valence-corrected chi connectivity index (χ0v) is 14.3. The van der Waals surface area contributed by atoms with Crippen LogP contribution < -0.4 is 5.32 Å². The third-order valence-corrected chi connectivity index (χ3v) is 5.21. The zero-order valence-electron chi connectivity index (χ0n) is 10.3. The van der Waals surface area contributed by atoms with Gasteiger partial charge in [-0.2, -0.15) is 0 Å². The average Bonchev–Trinajstić information content (AvgIpc) is 2.75. The molecule has 0 radical (unpaired) electrons. The summed E-state index contributed by atoms with van der Waals surface area (Å²) in [5, 5.41) is 5.55. The molecule has 1 nitrogen and oxygen atoms in total. The van der Waals surface area contributed by atoms with Gasteiger partial charge in [0.05, 0.1) is 0 Å². The maximum atomic E-state index is 3.55. The van der Waals surface area contributed by atoms with Gasteiger partial charge in [-0.15, -0.1) is 11.3 Å². The Labute approximate surface area is 129 Å². The van der Waals surface area contributed by atoms with E-state index in [1.54, 1.807) is 11.3 Å². The van der Waals surface area contributed by atoms with Crippen molar-refractivity contribution in [1.82, 2.24) is 5.32 Å². The number of nitrogens with one attached hydrogen (secondary N) is 1. The van der Waals surface area contributed by atoms with Gasteiger partial charge in [0, 0.05) is 31.7 Å². The highest BCUT2D eigenvalue weighted by Gasteiger charge is 2.14. The molecule has 1 unspecified atom stereocenters. The van der Waals surface area contributed by atoms with Crippen LogP contribution in [0.5, 0.6) is 0 Å². The van der Waals surface area contributed by atoms with Gasteiger partial charge in [0.15, 0.2) is 0 Å². The molecule has 2 aromatic rings. The molecule has 0 fully saturated rings. The molecular formula is C14H15Br2NS. The van der Waals surface area contributed by atoms with Crippen LogP contribution >= 0.6 is 43.2 Å². The first kappa shape index (κ1) is 14.3. The molecule has 0 spiro atoms. The van der Waals surface area contributed by atoms with Gasteiger partial charge in [-0.1, -0.05) is 22.0 Å². The van der Waals surface area contributed by atoms with Crippen LogP contribution in [0.3, 0.4) is 0 Å². The van der Waals surface area contributed by atoms with Crippen LogP contribution in [0.15, 0.2) is 38.6 Å². The van der Waals surface area contributed by atoms with Crippen molar-refractivity contribution in [3.05, 3.63) is 54.6 Å². The number of rotatable bonds is 4. The lowest BCUT2D eigenvalue weighted by atomic mass is 9.98. The maximum absolute atomic E-state index is 3.55. The van der Waals surface area contributed by atoms with Gasteiger partial charge in [0.2, 0.25) is 0 Å². The van der Waals surface area contributed by atoms with E-state index in [4.69, 9.17) is 0 Å². The van der Waals surface area contributed by atoms with Crippen LogP contribution in [0, 0.1) is 6.92 Å². The normalized spacial score (nSPS) is 12.7. The number of thiophene rings is 1. The Morgan fingerprint density at radius 3 is 2.61 bits per heavy atom. The lowest BCUT2D eigenvalue weighted by molar-refractivity contribution is 0.593. The Kier molecular flexibility index (Phi) is 5.01. The van der Waals surface area contributed by atoms with Gasteiger partial charge in [-0.25, -0.2) is 0 Å². The van der Waals surface area contributed by atoms with E-state index in [0.717, 1.165) is 10.9 Å². The first-order chi connectivity index (χ1) is 8.60. The van der Waals surface area contributed by atoms with E-state index in [1.165, 1.54) is 20.5 Å². The number of aryl methyl sites for hydroxylation is 1. The monoisotopic (exact) mass is 387 g/mol. The smallest absolute Gasteiger partial charge is 0.0369 e. The lowest BCUT2D eigenvalue weighted by Crippen LogP contribution is -2.19. The fraction of sp³-hybridized carbons (Fsp3) is 0.286. The van der Waals surface area contributed by atoms with E-state index in [9.17, 15) is 0 Å². The van der Waals surface area contributed by atoms with Crippen LogP contribution in [0.4, 0.5) is 0 Å². The van der Waals surface area contributed by atoms with Gasteiger partial charge >= 0.3 is 0 Å². The topological polar surface area (TPSA) is 12.0 Å². The molecule has 0 aliphatic rings. The van der Waals surface area contributed by atoms with Gasteiger partial charge in [-0.05, 0) is 59.2 Å². The van der Waals surface area contributed by atoms with Crippen molar-refractivity contribution >= 4 is 43.2 Å². The first-order valence-electron chi connectivity index (χ1n) is 5.76. The summed E-state index contributed by atoms with van der Waals surface area (Å²) >= 11 is 8.86. The van der Waals surface area contributed by atoms with Crippen LogP contribution in [-0.2, 0) is 6.42 Å². The molecule has 2 rings (SSSR count). The minimum Gasteiger partial charge on any atom is -0.313 e. The number of likely N-dealkylation sites (N-methyl/N-ethyl adjacent to an activating group) is 1. The van der Waals surface area contributed by atoms with Crippen LogP contribution in [0.1, 0.15) is 22.0 Å². The molecule has 0 saturated carbocycles. The van der Waals surface area contributed by atoms with Crippen molar-refractivity contribution in [2.24, 2.45) is 0 Å². The summed E-state index contributed by atoms with van der Waals surface area (Å²) in [6.07, 6.45) is 1.02. The van der Waals surface area contributed by atoms with Gasteiger partial charge in [-0.3, -0.25) is 0 Å². The number of hydrogen-bond acceptors (Lipinski definition) is 2. The highest BCUT2D eigenvalue weighted by atomic mass is 79.9. The zero-order chi connectivity index (χ0) is 13.1. The van der Waals surface area contributed by atoms with E-state index in [1.807, 2.05) is 7.05 Å². The van der Waals surface area contributed by atoms with Crippen LogP contribution in [0.2, 0.25) is 0 Å². The molecular weight excluding hydrogens is 374 g/mol. The maximum Gasteiger partial charge on any atom is 0.0369 e. The Hall–Kier alpha value is -0.160. The van der Waals surface area contributed by atoms with Gasteiger partial charge in [0.1, 0.15) is 0 Å². The molecule has 1 atom stereocenters. The summed E-state index contributed by atoms with van der Waals surface area (Å²) in [5.74, 6) is 0. The van der Waals surface area contributed by atoms with Gasteiger partial charge in [0.25, 0.3) is 0 Å². The Morgan fingerprint density at radius 2 is 2.00 bits per heavy atom. The predicted octanol–water partition coefficient (Wildman–Crippen LogP) is 5.08. The van der Waals surface area contributed by atoms with E-state index in [-0.39, 0.29) is 0 Å². The van der Waals surface area contributed by atoms with Crippen molar-refractivity contribution < 1.29 is 0 Å². The standard InChI is InChI=1S/C14H15Br2NS/c1-9-3-4-10(15)6-13(9)14(17-2)7-12-5-11(16)8-18-12/h3-6,8,14,17H,7H2,1-2H3. The summed E-state index contributed by atoms with van der Waals surface area (Å²) in [4.78, 5) is 1.39. The Balaban J connectivity index is 2.25. The lowest BCUT2D eigenvalue weighted by Gasteiger charge is -2.18. The van der Waals surface area contributed by atoms with Gasteiger partial charge < -0.3 is 5.32 Å². The second kappa shape index (κ2) is 6.33. The molecule has 96 valence electrons. The van der Waals surface area contributed by atoms with E-state index in [0.29, 0.717) is 6.04 Å². The molecule has 0 aliphatic carbocycles. The minimum atomic E-state index is 0.355. The minimum absolute atomic E-state index is 0.355. The van der Waals surface area contributed by atoms with E-state index >= 15 is 0 Å². The van der Waals surface area contributed by atoms with Crippen LogP contribution in [-0.4, -0.2) is 7.05 Å². The quantitative estimate of drug-likeness (QED) is 0.769. The summed E-state index contributed by atoms with van der Waals surface area (Å²) in [5.41, 5.74) is 2.68. The fourth-order valence-corrected chi connectivity index (χ4v) is 3.89. The van der Waals surface area contributed by atoms with Crippen molar-refractivity contribution in [1.29, 1.82) is 0 Å². The molecule has 1 N–H and O–H groups in total. The molecule has 4 heteroatoms. The molecule has 0 amide bonds. The average molecular weight is 389 g/mol. The van der Waals surface area contributed by atoms with E-state index in [2.05, 4.69) is 73.7 Å². The summed E-state index contributed by atoms with van der Waals surface area (Å²) in [6.45, 7) is 2.16. The molecule has 0 saturated heterocycles. The molecule has 1 heterocycles. The molecule has 0 bridgehead atoms.